The number of sulfonamides is 1. The molecule has 2 aliphatic rings. The largest absolute Gasteiger partial charge is 0.494 e. The van der Waals surface area contributed by atoms with Crippen LogP contribution in [0.15, 0.2) is 23.1 Å². The number of hydrogen-bond donors (Lipinski definition) is 1. The highest BCUT2D eigenvalue weighted by molar-refractivity contribution is 7.89. The highest BCUT2D eigenvalue weighted by Crippen LogP contribution is 2.36. The second-order valence-electron chi connectivity index (χ2n) is 8.43. The standard InChI is InChI=1S/C18H29BN2O4S/c1-13-9-14(19-24-17(2,3)18(4,5)25-19)11-16(10-13)26(22,23)21-8-6-7-15(20)12-21/h9-11,15H,6-8,12,20H2,1-5H3/t15-/m1/s1. The molecule has 8 heteroatoms. The van der Waals surface area contributed by atoms with Crippen LogP contribution in [0.3, 0.4) is 0 Å². The van der Waals surface area contributed by atoms with Crippen LogP contribution >= 0.6 is 0 Å². The molecule has 3 rings (SSSR count). The van der Waals surface area contributed by atoms with Crippen LogP contribution in [0.4, 0.5) is 0 Å². The molecule has 1 aromatic rings. The number of nitrogens with zero attached hydrogens (tertiary/aromatic N) is 1. The van der Waals surface area contributed by atoms with Crippen molar-refractivity contribution in [1.82, 2.24) is 4.31 Å². The minimum atomic E-state index is -3.58. The van der Waals surface area contributed by atoms with Crippen LogP contribution in [0, 0.1) is 6.92 Å². The third-order valence-electron chi connectivity index (χ3n) is 5.66. The van der Waals surface area contributed by atoms with E-state index in [0.29, 0.717) is 13.1 Å². The Morgan fingerprint density at radius 1 is 1.15 bits per heavy atom. The molecule has 0 unspecified atom stereocenters. The van der Waals surface area contributed by atoms with Crippen LogP contribution in [0.25, 0.3) is 0 Å². The lowest BCUT2D eigenvalue weighted by Crippen LogP contribution is -2.46. The van der Waals surface area contributed by atoms with E-state index in [2.05, 4.69) is 0 Å². The number of nitrogens with two attached hydrogens (primary N) is 1. The molecule has 0 aromatic heterocycles. The van der Waals surface area contributed by atoms with E-state index in [-0.39, 0.29) is 10.9 Å². The number of aryl methyl sites for hydroxylation is 1. The van der Waals surface area contributed by atoms with Crippen molar-refractivity contribution in [3.8, 4) is 0 Å². The van der Waals surface area contributed by atoms with Gasteiger partial charge in [0.1, 0.15) is 0 Å². The molecular weight excluding hydrogens is 351 g/mol. The Hall–Kier alpha value is -0.925. The smallest absolute Gasteiger partial charge is 0.399 e. The zero-order valence-electron chi connectivity index (χ0n) is 16.3. The van der Waals surface area contributed by atoms with Crippen LogP contribution in [-0.2, 0) is 19.3 Å². The van der Waals surface area contributed by atoms with Crippen LogP contribution in [0.1, 0.15) is 46.1 Å². The molecule has 2 aliphatic heterocycles. The fraction of sp³-hybridized carbons (Fsp3) is 0.667. The van der Waals surface area contributed by atoms with Gasteiger partial charge in [-0.3, -0.25) is 0 Å². The van der Waals surface area contributed by atoms with Gasteiger partial charge in [-0.15, -0.1) is 0 Å². The predicted octanol–water partition coefficient (Wildman–Crippen LogP) is 1.41. The van der Waals surface area contributed by atoms with E-state index in [9.17, 15) is 8.42 Å². The Morgan fingerprint density at radius 3 is 2.35 bits per heavy atom. The van der Waals surface area contributed by atoms with Crippen LogP contribution in [0.5, 0.6) is 0 Å². The first-order chi connectivity index (χ1) is 11.9. The van der Waals surface area contributed by atoms with Crippen LogP contribution < -0.4 is 11.2 Å². The van der Waals surface area contributed by atoms with E-state index in [1.54, 1.807) is 12.1 Å². The summed E-state index contributed by atoms with van der Waals surface area (Å²) in [5.41, 5.74) is 6.61. The van der Waals surface area contributed by atoms with E-state index in [0.717, 1.165) is 23.9 Å². The number of benzene rings is 1. The molecule has 0 amide bonds. The summed E-state index contributed by atoms with van der Waals surface area (Å²) >= 11 is 0. The Kier molecular flexibility index (Phi) is 5.03. The van der Waals surface area contributed by atoms with Gasteiger partial charge in [0.2, 0.25) is 10.0 Å². The highest BCUT2D eigenvalue weighted by atomic mass is 32.2. The topological polar surface area (TPSA) is 81.9 Å². The third-order valence-corrected chi connectivity index (χ3v) is 7.50. The molecule has 0 bridgehead atoms. The van der Waals surface area contributed by atoms with Gasteiger partial charge in [0.05, 0.1) is 16.1 Å². The van der Waals surface area contributed by atoms with Gasteiger partial charge >= 0.3 is 7.12 Å². The molecule has 144 valence electrons. The second kappa shape index (κ2) is 6.60. The fourth-order valence-corrected chi connectivity index (χ4v) is 5.06. The predicted molar refractivity (Wildman–Crippen MR) is 103 cm³/mol. The maximum Gasteiger partial charge on any atom is 0.494 e. The van der Waals surface area contributed by atoms with Crippen molar-refractivity contribution in [2.45, 2.75) is 69.6 Å². The average Bonchev–Trinajstić information content (AvgIpc) is 2.75. The zero-order chi connectivity index (χ0) is 19.3. The highest BCUT2D eigenvalue weighted by Gasteiger charge is 2.52. The van der Waals surface area contributed by atoms with Gasteiger partial charge in [-0.2, -0.15) is 4.31 Å². The number of hydrogen-bond acceptors (Lipinski definition) is 5. The first-order valence-electron chi connectivity index (χ1n) is 9.15. The summed E-state index contributed by atoms with van der Waals surface area (Å²) in [5, 5.41) is 0. The molecule has 2 saturated heterocycles. The van der Waals surface area contributed by atoms with Crippen molar-refractivity contribution in [2.24, 2.45) is 5.73 Å². The lowest BCUT2D eigenvalue weighted by atomic mass is 9.78. The van der Waals surface area contributed by atoms with Crippen molar-refractivity contribution >= 4 is 22.6 Å². The van der Waals surface area contributed by atoms with Gasteiger partial charge in [-0.05, 0) is 65.1 Å². The molecule has 1 aromatic carbocycles. The summed E-state index contributed by atoms with van der Waals surface area (Å²) in [6, 6.07) is 5.18. The van der Waals surface area contributed by atoms with Crippen molar-refractivity contribution in [1.29, 1.82) is 0 Å². The molecule has 2 fully saturated rings. The second-order valence-corrected chi connectivity index (χ2v) is 10.4. The molecule has 2 heterocycles. The van der Waals surface area contributed by atoms with Gasteiger partial charge in [-0.25, -0.2) is 8.42 Å². The number of rotatable bonds is 3. The van der Waals surface area contributed by atoms with Crippen molar-refractivity contribution in [3.05, 3.63) is 23.8 Å². The first-order valence-corrected chi connectivity index (χ1v) is 10.6. The molecular formula is C18H29BN2O4S. The summed E-state index contributed by atoms with van der Waals surface area (Å²) in [6.45, 7) is 10.7. The average molecular weight is 380 g/mol. The molecule has 0 spiro atoms. The lowest BCUT2D eigenvalue weighted by Gasteiger charge is -2.32. The maximum absolute atomic E-state index is 13.1. The molecule has 0 radical (unpaired) electrons. The van der Waals surface area contributed by atoms with Crippen molar-refractivity contribution in [2.75, 3.05) is 13.1 Å². The van der Waals surface area contributed by atoms with Gasteiger partial charge in [-0.1, -0.05) is 11.6 Å². The van der Waals surface area contributed by atoms with Crippen molar-refractivity contribution < 1.29 is 17.7 Å². The monoisotopic (exact) mass is 380 g/mol. The van der Waals surface area contributed by atoms with Gasteiger partial charge in [0, 0.05) is 19.1 Å². The van der Waals surface area contributed by atoms with Gasteiger partial charge in [0.25, 0.3) is 0 Å². The van der Waals surface area contributed by atoms with Gasteiger partial charge in [0.15, 0.2) is 0 Å². The molecule has 2 N–H and O–H groups in total. The van der Waals surface area contributed by atoms with E-state index in [4.69, 9.17) is 15.0 Å². The van der Waals surface area contributed by atoms with Crippen LogP contribution in [-0.4, -0.2) is 50.2 Å². The summed E-state index contributed by atoms with van der Waals surface area (Å²) in [7, 11) is -4.17. The third kappa shape index (κ3) is 3.58. The fourth-order valence-electron chi connectivity index (χ4n) is 3.38. The van der Waals surface area contributed by atoms with Crippen molar-refractivity contribution in [3.63, 3.8) is 0 Å². The summed E-state index contributed by atoms with van der Waals surface area (Å²) in [6.07, 6.45) is 1.65. The Morgan fingerprint density at radius 2 is 1.77 bits per heavy atom. The van der Waals surface area contributed by atoms with E-state index in [1.165, 1.54) is 4.31 Å². The normalized spacial score (nSPS) is 26.2. The molecule has 1 atom stereocenters. The molecule has 0 saturated carbocycles. The van der Waals surface area contributed by atoms with Crippen LogP contribution in [0.2, 0.25) is 0 Å². The Labute approximate surface area is 157 Å². The van der Waals surface area contributed by atoms with E-state index < -0.39 is 28.3 Å². The lowest BCUT2D eigenvalue weighted by molar-refractivity contribution is 0.00578. The Balaban J connectivity index is 1.94. The molecule has 6 nitrogen and oxygen atoms in total. The number of piperidine rings is 1. The Bertz CT molecular complexity index is 778. The minimum Gasteiger partial charge on any atom is -0.399 e. The van der Waals surface area contributed by atoms with E-state index in [1.807, 2.05) is 40.7 Å². The van der Waals surface area contributed by atoms with E-state index >= 15 is 0 Å². The summed E-state index contributed by atoms with van der Waals surface area (Å²) < 4.78 is 39.9. The summed E-state index contributed by atoms with van der Waals surface area (Å²) in [5.74, 6) is 0. The molecule has 0 aliphatic carbocycles. The van der Waals surface area contributed by atoms with Gasteiger partial charge < -0.3 is 15.0 Å². The SMILES string of the molecule is Cc1cc(B2OC(C)(C)C(C)(C)O2)cc(S(=O)(=O)N2CCC[C@@H](N)C2)c1. The first kappa shape index (κ1) is 19.8. The zero-order valence-corrected chi connectivity index (χ0v) is 17.1. The molecule has 26 heavy (non-hydrogen) atoms. The minimum absolute atomic E-state index is 0.106. The maximum atomic E-state index is 13.1. The summed E-state index contributed by atoms with van der Waals surface area (Å²) in [4.78, 5) is 0.274. The quantitative estimate of drug-likeness (QED) is 0.802.